The van der Waals surface area contributed by atoms with Crippen LogP contribution in [0.3, 0.4) is 0 Å². The maximum atomic E-state index is 13.6. The second-order valence-corrected chi connectivity index (χ2v) is 5.42. The summed E-state index contributed by atoms with van der Waals surface area (Å²) in [5.74, 6) is -3.03. The summed E-state index contributed by atoms with van der Waals surface area (Å²) in [5.41, 5.74) is -2.42. The summed E-state index contributed by atoms with van der Waals surface area (Å²) in [7, 11) is 1.21. The summed E-state index contributed by atoms with van der Waals surface area (Å²) >= 11 is 0. The van der Waals surface area contributed by atoms with Gasteiger partial charge in [-0.3, -0.25) is 4.79 Å². The van der Waals surface area contributed by atoms with E-state index >= 15 is 0 Å². The van der Waals surface area contributed by atoms with Gasteiger partial charge < -0.3 is 10.1 Å². The van der Waals surface area contributed by atoms with Crippen molar-refractivity contribution in [3.63, 3.8) is 0 Å². The van der Waals surface area contributed by atoms with Gasteiger partial charge in [-0.2, -0.15) is 18.3 Å². The maximum absolute atomic E-state index is 13.6. The molecular formula is C16H16F5N3O2. The molecule has 1 N–H and O–H groups in total. The van der Waals surface area contributed by atoms with Crippen molar-refractivity contribution in [2.45, 2.75) is 26.1 Å². The highest BCUT2D eigenvalue weighted by molar-refractivity contribution is 5.97. The number of amides is 1. The van der Waals surface area contributed by atoms with Crippen molar-refractivity contribution in [3.05, 3.63) is 46.7 Å². The van der Waals surface area contributed by atoms with Crippen molar-refractivity contribution >= 4 is 5.91 Å². The number of alkyl halides is 3. The van der Waals surface area contributed by atoms with Gasteiger partial charge in [-0.05, 0) is 24.6 Å². The lowest BCUT2D eigenvalue weighted by atomic mass is 10.1. The lowest BCUT2D eigenvalue weighted by molar-refractivity contribution is -0.141. The van der Waals surface area contributed by atoms with Gasteiger partial charge in [0.1, 0.15) is 17.2 Å². The lowest BCUT2D eigenvalue weighted by Gasteiger charge is -2.11. The second-order valence-electron chi connectivity index (χ2n) is 5.42. The van der Waals surface area contributed by atoms with E-state index in [4.69, 9.17) is 4.74 Å². The van der Waals surface area contributed by atoms with Crippen LogP contribution in [-0.4, -0.2) is 22.3 Å². The molecule has 0 aliphatic heterocycles. The molecule has 0 spiro atoms. The Balaban J connectivity index is 2.32. The van der Waals surface area contributed by atoms with E-state index in [-0.39, 0.29) is 18.1 Å². The van der Waals surface area contributed by atoms with Gasteiger partial charge >= 0.3 is 6.18 Å². The molecule has 0 aliphatic carbocycles. The van der Waals surface area contributed by atoms with E-state index in [9.17, 15) is 26.7 Å². The highest BCUT2D eigenvalue weighted by Crippen LogP contribution is 2.35. The number of carbonyl (C=O) groups is 1. The fourth-order valence-corrected chi connectivity index (χ4v) is 2.22. The summed E-state index contributed by atoms with van der Waals surface area (Å²) in [6.45, 7) is 1.32. The highest BCUT2D eigenvalue weighted by Gasteiger charge is 2.42. The van der Waals surface area contributed by atoms with Gasteiger partial charge in [0.25, 0.3) is 5.91 Å². The zero-order valence-electron chi connectivity index (χ0n) is 14.0. The van der Waals surface area contributed by atoms with Crippen molar-refractivity contribution in [2.75, 3.05) is 6.61 Å². The molecule has 0 saturated carbocycles. The van der Waals surface area contributed by atoms with E-state index in [1.165, 1.54) is 7.05 Å². The quantitative estimate of drug-likeness (QED) is 0.785. The first-order valence-electron chi connectivity index (χ1n) is 7.64. The summed E-state index contributed by atoms with van der Waals surface area (Å²) < 4.78 is 72.3. The Morgan fingerprint density at radius 3 is 2.62 bits per heavy atom. The van der Waals surface area contributed by atoms with Crippen LogP contribution < -0.4 is 10.1 Å². The first-order valence-corrected chi connectivity index (χ1v) is 7.64. The predicted octanol–water partition coefficient (Wildman–Crippen LogP) is 3.44. The van der Waals surface area contributed by atoms with Gasteiger partial charge in [-0.15, -0.1) is 0 Å². The molecule has 1 heterocycles. The van der Waals surface area contributed by atoms with Crippen LogP contribution in [0.5, 0.6) is 5.88 Å². The molecule has 0 unspecified atom stereocenters. The molecule has 0 radical (unpaired) electrons. The Labute approximate surface area is 145 Å². The van der Waals surface area contributed by atoms with Gasteiger partial charge in [-0.25, -0.2) is 13.5 Å². The average molecular weight is 377 g/mol. The molecule has 1 aromatic heterocycles. The Bertz CT molecular complexity index is 802. The number of benzene rings is 1. The largest absolute Gasteiger partial charge is 0.477 e. The molecule has 2 aromatic rings. The van der Waals surface area contributed by atoms with Crippen LogP contribution >= 0.6 is 0 Å². The fourth-order valence-electron chi connectivity index (χ4n) is 2.22. The first kappa shape index (κ1) is 19.7. The Morgan fingerprint density at radius 2 is 2.00 bits per heavy atom. The van der Waals surface area contributed by atoms with E-state index in [1.54, 1.807) is 6.92 Å². The summed E-state index contributed by atoms with van der Waals surface area (Å²) in [6, 6.07) is 2.59. The number of ether oxygens (including phenoxy) is 1. The summed E-state index contributed by atoms with van der Waals surface area (Å²) in [6.07, 6.45) is -4.38. The first-order chi connectivity index (χ1) is 12.1. The molecule has 0 atom stereocenters. The molecule has 0 saturated heterocycles. The minimum Gasteiger partial charge on any atom is -0.477 e. The van der Waals surface area contributed by atoms with Crippen LogP contribution in [0.25, 0.3) is 0 Å². The van der Waals surface area contributed by atoms with E-state index in [1.807, 2.05) is 0 Å². The van der Waals surface area contributed by atoms with Crippen molar-refractivity contribution < 1.29 is 31.5 Å². The number of rotatable bonds is 6. The van der Waals surface area contributed by atoms with Gasteiger partial charge in [0.05, 0.1) is 6.61 Å². The van der Waals surface area contributed by atoms with Crippen LogP contribution in [0.2, 0.25) is 0 Å². The normalized spacial score (nSPS) is 11.5. The van der Waals surface area contributed by atoms with E-state index in [0.717, 1.165) is 22.9 Å². The van der Waals surface area contributed by atoms with Crippen LogP contribution in [0, 0.1) is 11.6 Å². The number of aryl methyl sites for hydroxylation is 1. The van der Waals surface area contributed by atoms with Crippen molar-refractivity contribution in [1.29, 1.82) is 0 Å². The predicted molar refractivity (Wildman–Crippen MR) is 81.5 cm³/mol. The van der Waals surface area contributed by atoms with Gasteiger partial charge in [0.15, 0.2) is 5.69 Å². The number of nitrogens with one attached hydrogen (secondary N) is 1. The number of nitrogens with zero attached hydrogens (tertiary/aromatic N) is 2. The van der Waals surface area contributed by atoms with Crippen LogP contribution in [0.15, 0.2) is 18.2 Å². The third-order valence-electron chi connectivity index (χ3n) is 3.38. The maximum Gasteiger partial charge on any atom is 0.436 e. The third kappa shape index (κ3) is 4.30. The zero-order valence-corrected chi connectivity index (χ0v) is 14.0. The molecule has 142 valence electrons. The van der Waals surface area contributed by atoms with E-state index in [0.29, 0.717) is 6.42 Å². The molecule has 10 heteroatoms. The smallest absolute Gasteiger partial charge is 0.436 e. The number of halogens is 5. The third-order valence-corrected chi connectivity index (χ3v) is 3.38. The minimum absolute atomic E-state index is 0.0790. The van der Waals surface area contributed by atoms with Crippen molar-refractivity contribution in [3.8, 4) is 5.88 Å². The average Bonchev–Trinajstić information content (AvgIpc) is 2.90. The molecule has 0 aliphatic rings. The zero-order chi connectivity index (χ0) is 19.5. The summed E-state index contributed by atoms with van der Waals surface area (Å²) in [4.78, 5) is 12.3. The fraction of sp³-hybridized carbons (Fsp3) is 0.375. The van der Waals surface area contributed by atoms with Crippen molar-refractivity contribution in [1.82, 2.24) is 15.1 Å². The van der Waals surface area contributed by atoms with Gasteiger partial charge in [0, 0.05) is 19.2 Å². The Morgan fingerprint density at radius 1 is 1.31 bits per heavy atom. The molecule has 5 nitrogen and oxygen atoms in total. The SMILES string of the molecule is CCCOc1c(C(=O)NCc2cc(F)ccc2F)c(C(F)(F)F)nn1C. The Hall–Kier alpha value is -2.65. The van der Waals surface area contributed by atoms with Gasteiger partial charge in [-0.1, -0.05) is 6.92 Å². The van der Waals surface area contributed by atoms with E-state index in [2.05, 4.69) is 10.4 Å². The number of carbonyl (C=O) groups excluding carboxylic acids is 1. The van der Waals surface area contributed by atoms with Gasteiger partial charge in [0.2, 0.25) is 5.88 Å². The molecular weight excluding hydrogens is 361 g/mol. The molecule has 0 bridgehead atoms. The van der Waals surface area contributed by atoms with Crippen LogP contribution in [0.4, 0.5) is 22.0 Å². The monoisotopic (exact) mass is 377 g/mol. The number of hydrogen-bond acceptors (Lipinski definition) is 3. The number of hydrogen-bond donors (Lipinski definition) is 1. The molecule has 1 aromatic carbocycles. The Kier molecular flexibility index (Phi) is 5.83. The summed E-state index contributed by atoms with van der Waals surface area (Å²) in [5, 5.41) is 5.46. The standard InChI is InChI=1S/C16H16F5N3O2/c1-3-6-26-15-12(13(16(19,20)21)23-24(15)2)14(25)22-8-9-7-10(17)4-5-11(9)18/h4-5,7H,3,6,8H2,1-2H3,(H,22,25). The number of aromatic nitrogens is 2. The van der Waals surface area contributed by atoms with Crippen molar-refractivity contribution in [2.24, 2.45) is 7.05 Å². The lowest BCUT2D eigenvalue weighted by Crippen LogP contribution is -2.26. The van der Waals surface area contributed by atoms with Crippen LogP contribution in [-0.2, 0) is 19.8 Å². The highest BCUT2D eigenvalue weighted by atomic mass is 19.4. The molecule has 2 rings (SSSR count). The molecule has 0 fully saturated rings. The molecule has 1 amide bonds. The van der Waals surface area contributed by atoms with Crippen LogP contribution in [0.1, 0.15) is 35.0 Å². The molecule has 26 heavy (non-hydrogen) atoms. The second kappa shape index (κ2) is 7.71. The van der Waals surface area contributed by atoms with E-state index < -0.39 is 41.5 Å². The topological polar surface area (TPSA) is 56.1 Å². The minimum atomic E-state index is -4.89.